The molecular formula is C19H24Cl3NO3. The van der Waals surface area contributed by atoms with Crippen molar-refractivity contribution in [2.75, 3.05) is 13.7 Å². The van der Waals surface area contributed by atoms with E-state index in [2.05, 4.69) is 5.32 Å². The second-order valence-electron chi connectivity index (χ2n) is 6.37. The maximum absolute atomic E-state index is 9.31. The van der Waals surface area contributed by atoms with E-state index in [0.717, 1.165) is 11.1 Å². The third kappa shape index (κ3) is 6.22. The molecule has 0 amide bonds. The van der Waals surface area contributed by atoms with Crippen LogP contribution in [0.25, 0.3) is 0 Å². The van der Waals surface area contributed by atoms with Crippen molar-refractivity contribution in [2.24, 2.45) is 0 Å². The Morgan fingerprint density at radius 1 is 1.08 bits per heavy atom. The second kappa shape index (κ2) is 10.2. The van der Waals surface area contributed by atoms with Gasteiger partial charge in [-0.2, -0.15) is 0 Å². The molecule has 0 aromatic heterocycles. The van der Waals surface area contributed by atoms with Gasteiger partial charge in [-0.15, -0.1) is 12.4 Å². The molecule has 2 aromatic rings. The molecule has 0 saturated heterocycles. The standard InChI is InChI=1S/C19H23Cl2NO3.ClH/c1-19(2,12-23)22-10-13-7-8-17(18(9-13)24-3)25-11-14-15(20)5-4-6-16(14)21;/h4-9,22-23H,10-12H2,1-3H3;1H. The van der Waals surface area contributed by atoms with Crippen LogP contribution in [0.3, 0.4) is 0 Å². The SMILES string of the molecule is COc1cc(CNC(C)(C)CO)ccc1OCc1c(Cl)cccc1Cl.Cl. The summed E-state index contributed by atoms with van der Waals surface area (Å²) in [7, 11) is 1.60. The number of aliphatic hydroxyl groups is 1. The summed E-state index contributed by atoms with van der Waals surface area (Å²) >= 11 is 12.3. The quantitative estimate of drug-likeness (QED) is 0.640. The van der Waals surface area contributed by atoms with Gasteiger partial charge in [0.15, 0.2) is 11.5 Å². The lowest BCUT2D eigenvalue weighted by atomic mass is 10.1. The van der Waals surface area contributed by atoms with Crippen molar-refractivity contribution in [1.82, 2.24) is 5.32 Å². The number of ether oxygens (including phenoxy) is 2. The van der Waals surface area contributed by atoms with Crippen LogP contribution in [0.2, 0.25) is 10.0 Å². The molecule has 2 aromatic carbocycles. The summed E-state index contributed by atoms with van der Waals surface area (Å²) in [6, 6.07) is 11.1. The second-order valence-corrected chi connectivity index (χ2v) is 7.18. The monoisotopic (exact) mass is 419 g/mol. The minimum absolute atomic E-state index is 0. The van der Waals surface area contributed by atoms with Crippen molar-refractivity contribution in [3.05, 3.63) is 57.6 Å². The van der Waals surface area contributed by atoms with Crippen molar-refractivity contribution in [3.8, 4) is 11.5 Å². The minimum Gasteiger partial charge on any atom is -0.493 e. The molecular weight excluding hydrogens is 397 g/mol. The number of rotatable bonds is 8. The molecule has 0 saturated carbocycles. The number of hydrogen-bond donors (Lipinski definition) is 2. The zero-order valence-corrected chi connectivity index (χ0v) is 17.3. The lowest BCUT2D eigenvalue weighted by Crippen LogP contribution is -2.42. The van der Waals surface area contributed by atoms with Gasteiger partial charge in [0.05, 0.1) is 13.7 Å². The van der Waals surface area contributed by atoms with Gasteiger partial charge in [0.1, 0.15) is 6.61 Å². The normalized spacial score (nSPS) is 11.0. The van der Waals surface area contributed by atoms with Crippen LogP contribution in [0.15, 0.2) is 36.4 Å². The fraction of sp³-hybridized carbons (Fsp3) is 0.368. The van der Waals surface area contributed by atoms with Crippen molar-refractivity contribution >= 4 is 35.6 Å². The van der Waals surface area contributed by atoms with Gasteiger partial charge in [0, 0.05) is 27.7 Å². The molecule has 0 spiro atoms. The lowest BCUT2D eigenvalue weighted by Gasteiger charge is -2.23. The number of methoxy groups -OCH3 is 1. The predicted molar refractivity (Wildman–Crippen MR) is 109 cm³/mol. The fourth-order valence-corrected chi connectivity index (χ4v) is 2.67. The molecule has 4 nitrogen and oxygen atoms in total. The highest BCUT2D eigenvalue weighted by atomic mass is 35.5. The summed E-state index contributed by atoms with van der Waals surface area (Å²) in [4.78, 5) is 0. The summed E-state index contributed by atoms with van der Waals surface area (Å²) in [5.74, 6) is 1.24. The third-order valence-electron chi connectivity index (χ3n) is 3.83. The Kier molecular flexibility index (Phi) is 9.01. The van der Waals surface area contributed by atoms with Crippen molar-refractivity contribution in [1.29, 1.82) is 0 Å². The lowest BCUT2D eigenvalue weighted by molar-refractivity contribution is 0.187. The van der Waals surface area contributed by atoms with Gasteiger partial charge < -0.3 is 19.9 Å². The van der Waals surface area contributed by atoms with E-state index >= 15 is 0 Å². The highest BCUT2D eigenvalue weighted by molar-refractivity contribution is 6.35. The van der Waals surface area contributed by atoms with E-state index in [4.69, 9.17) is 32.7 Å². The Labute approximate surface area is 170 Å². The Morgan fingerprint density at radius 3 is 2.31 bits per heavy atom. The number of hydrogen-bond acceptors (Lipinski definition) is 4. The van der Waals surface area contributed by atoms with Crippen LogP contribution in [0.5, 0.6) is 11.5 Å². The minimum atomic E-state index is -0.344. The zero-order valence-electron chi connectivity index (χ0n) is 15.0. The maximum Gasteiger partial charge on any atom is 0.161 e. The maximum atomic E-state index is 9.31. The van der Waals surface area contributed by atoms with Crippen LogP contribution in [0.1, 0.15) is 25.0 Å². The van der Waals surface area contributed by atoms with Crippen molar-refractivity contribution in [3.63, 3.8) is 0 Å². The molecule has 144 valence electrons. The molecule has 0 bridgehead atoms. The van der Waals surface area contributed by atoms with Gasteiger partial charge in [-0.05, 0) is 43.7 Å². The van der Waals surface area contributed by atoms with E-state index in [0.29, 0.717) is 28.1 Å². The average Bonchev–Trinajstić information content (AvgIpc) is 2.60. The predicted octanol–water partition coefficient (Wildman–Crippen LogP) is 4.86. The molecule has 0 heterocycles. The third-order valence-corrected chi connectivity index (χ3v) is 4.54. The average molecular weight is 421 g/mol. The van der Waals surface area contributed by atoms with Crippen molar-refractivity contribution < 1.29 is 14.6 Å². The highest BCUT2D eigenvalue weighted by Crippen LogP contribution is 2.31. The number of halogens is 3. The van der Waals surface area contributed by atoms with Crippen molar-refractivity contribution in [2.45, 2.75) is 32.5 Å². The van der Waals surface area contributed by atoms with Crippen LogP contribution in [0, 0.1) is 0 Å². The Balaban J connectivity index is 0.00000338. The molecule has 7 heteroatoms. The van der Waals surface area contributed by atoms with Crippen LogP contribution in [0.4, 0.5) is 0 Å². The Morgan fingerprint density at radius 2 is 1.73 bits per heavy atom. The van der Waals surface area contributed by atoms with E-state index in [1.807, 2.05) is 32.0 Å². The molecule has 26 heavy (non-hydrogen) atoms. The van der Waals surface area contributed by atoms with Crippen LogP contribution in [-0.2, 0) is 13.2 Å². The molecule has 0 unspecified atom stereocenters. The number of nitrogens with one attached hydrogen (secondary N) is 1. The van der Waals surface area contributed by atoms with E-state index < -0.39 is 0 Å². The van der Waals surface area contributed by atoms with Crippen LogP contribution < -0.4 is 14.8 Å². The number of aliphatic hydroxyl groups excluding tert-OH is 1. The van der Waals surface area contributed by atoms with E-state index in [1.165, 1.54) is 0 Å². The first-order valence-corrected chi connectivity index (χ1v) is 8.70. The zero-order chi connectivity index (χ0) is 18.4. The summed E-state index contributed by atoms with van der Waals surface area (Å²) in [6.07, 6.45) is 0. The first-order chi connectivity index (χ1) is 11.9. The molecule has 0 fully saturated rings. The van der Waals surface area contributed by atoms with Gasteiger partial charge in [-0.25, -0.2) is 0 Å². The largest absolute Gasteiger partial charge is 0.493 e. The van der Waals surface area contributed by atoms with Crippen LogP contribution >= 0.6 is 35.6 Å². The Hall–Kier alpha value is -1.17. The molecule has 2 rings (SSSR count). The Bertz CT molecular complexity index is 703. The first kappa shape index (κ1) is 22.9. The summed E-state index contributed by atoms with van der Waals surface area (Å²) < 4.78 is 11.3. The van der Waals surface area contributed by atoms with Crippen LogP contribution in [-0.4, -0.2) is 24.4 Å². The smallest absolute Gasteiger partial charge is 0.161 e. The van der Waals surface area contributed by atoms with Gasteiger partial charge in [0.25, 0.3) is 0 Å². The number of benzene rings is 2. The van der Waals surface area contributed by atoms with Gasteiger partial charge >= 0.3 is 0 Å². The molecule has 0 aliphatic heterocycles. The topological polar surface area (TPSA) is 50.7 Å². The fourth-order valence-electron chi connectivity index (χ4n) is 2.16. The molecule has 2 N–H and O–H groups in total. The van der Waals surface area contributed by atoms with Gasteiger partial charge in [-0.1, -0.05) is 35.3 Å². The van der Waals surface area contributed by atoms with E-state index in [1.54, 1.807) is 25.3 Å². The molecule has 0 atom stereocenters. The first-order valence-electron chi connectivity index (χ1n) is 7.95. The highest BCUT2D eigenvalue weighted by Gasteiger charge is 2.16. The summed E-state index contributed by atoms with van der Waals surface area (Å²) in [5, 5.41) is 13.7. The van der Waals surface area contributed by atoms with E-state index in [9.17, 15) is 5.11 Å². The molecule has 0 aliphatic carbocycles. The van der Waals surface area contributed by atoms with Gasteiger partial charge in [-0.3, -0.25) is 0 Å². The van der Waals surface area contributed by atoms with E-state index in [-0.39, 0.29) is 31.2 Å². The molecule has 0 aliphatic rings. The summed E-state index contributed by atoms with van der Waals surface area (Å²) in [5.41, 5.74) is 1.42. The summed E-state index contributed by atoms with van der Waals surface area (Å²) in [6.45, 7) is 4.80. The van der Waals surface area contributed by atoms with Gasteiger partial charge in [0.2, 0.25) is 0 Å². The molecule has 0 radical (unpaired) electrons.